The van der Waals surface area contributed by atoms with Crippen molar-refractivity contribution in [1.82, 2.24) is 5.32 Å². The molecule has 0 aromatic heterocycles. The summed E-state index contributed by atoms with van der Waals surface area (Å²) in [5.74, 6) is 0.202. The molecule has 0 heterocycles. The molecule has 0 radical (unpaired) electrons. The molecule has 0 saturated heterocycles. The summed E-state index contributed by atoms with van der Waals surface area (Å²) in [4.78, 5) is 11.9. The highest BCUT2D eigenvalue weighted by Gasteiger charge is 2.29. The van der Waals surface area contributed by atoms with Gasteiger partial charge in [0.1, 0.15) is 0 Å². The molecule has 1 saturated carbocycles. The van der Waals surface area contributed by atoms with Crippen LogP contribution in [-0.2, 0) is 17.4 Å². The summed E-state index contributed by atoms with van der Waals surface area (Å²) in [6, 6.07) is 5.10. The molecular weight excluding hydrogens is 279 g/mol. The third-order valence-electron chi connectivity index (χ3n) is 3.97. The van der Waals surface area contributed by atoms with Crippen LogP contribution in [0.5, 0.6) is 0 Å². The Morgan fingerprint density at radius 1 is 1.10 bits per heavy atom. The number of carbonyl (C=O) groups is 1. The van der Waals surface area contributed by atoms with E-state index in [1.165, 1.54) is 18.6 Å². The lowest BCUT2D eigenvalue weighted by Crippen LogP contribution is -2.33. The fourth-order valence-electron chi connectivity index (χ4n) is 2.70. The number of hydrogen-bond donors (Lipinski definition) is 1. The molecule has 0 unspecified atom stereocenters. The van der Waals surface area contributed by atoms with Gasteiger partial charge in [-0.25, -0.2) is 0 Å². The molecule has 0 aliphatic heterocycles. The van der Waals surface area contributed by atoms with Crippen LogP contribution >= 0.6 is 0 Å². The highest BCUT2D eigenvalue weighted by Crippen LogP contribution is 2.29. The van der Waals surface area contributed by atoms with Crippen LogP contribution < -0.4 is 5.32 Å². The fourth-order valence-corrected chi connectivity index (χ4v) is 2.70. The number of benzene rings is 1. The second-order valence-corrected chi connectivity index (χ2v) is 5.57. The predicted molar refractivity (Wildman–Crippen MR) is 74.7 cm³/mol. The van der Waals surface area contributed by atoms with Crippen molar-refractivity contribution >= 4 is 5.91 Å². The molecule has 21 heavy (non-hydrogen) atoms. The molecule has 1 aliphatic carbocycles. The van der Waals surface area contributed by atoms with Crippen molar-refractivity contribution in [2.75, 3.05) is 6.54 Å². The minimum absolute atomic E-state index is 0.0848. The normalized spacial score (nSPS) is 16.7. The summed E-state index contributed by atoms with van der Waals surface area (Å²) in [6.07, 6.45) is 1.58. The SMILES string of the molecule is O=C(NCCc1ccc(C(F)(F)F)cc1)C1CCCCC1. The van der Waals surface area contributed by atoms with Gasteiger partial charge in [-0.2, -0.15) is 13.2 Å². The summed E-state index contributed by atoms with van der Waals surface area (Å²) < 4.78 is 37.3. The topological polar surface area (TPSA) is 29.1 Å². The van der Waals surface area contributed by atoms with Gasteiger partial charge in [-0.05, 0) is 37.0 Å². The van der Waals surface area contributed by atoms with Gasteiger partial charge in [0.05, 0.1) is 5.56 Å². The Bertz CT molecular complexity index is 461. The largest absolute Gasteiger partial charge is 0.416 e. The maximum Gasteiger partial charge on any atom is 0.416 e. The van der Waals surface area contributed by atoms with Gasteiger partial charge in [-0.3, -0.25) is 4.79 Å². The third-order valence-corrected chi connectivity index (χ3v) is 3.97. The smallest absolute Gasteiger partial charge is 0.356 e. The van der Waals surface area contributed by atoms with Crippen molar-refractivity contribution in [3.63, 3.8) is 0 Å². The van der Waals surface area contributed by atoms with Crippen molar-refractivity contribution in [1.29, 1.82) is 0 Å². The van der Waals surface area contributed by atoms with Crippen LogP contribution in [-0.4, -0.2) is 12.5 Å². The molecule has 0 bridgehead atoms. The van der Waals surface area contributed by atoms with E-state index in [0.29, 0.717) is 13.0 Å². The average Bonchev–Trinajstić information content (AvgIpc) is 2.47. The fraction of sp³-hybridized carbons (Fsp3) is 0.562. The van der Waals surface area contributed by atoms with Gasteiger partial charge in [0, 0.05) is 12.5 Å². The van der Waals surface area contributed by atoms with Crippen molar-refractivity contribution in [2.45, 2.75) is 44.7 Å². The molecule has 5 heteroatoms. The Balaban J connectivity index is 1.76. The first-order valence-corrected chi connectivity index (χ1v) is 7.40. The van der Waals surface area contributed by atoms with Crippen LogP contribution in [0.25, 0.3) is 0 Å². The van der Waals surface area contributed by atoms with Gasteiger partial charge in [0.25, 0.3) is 0 Å². The number of alkyl halides is 3. The van der Waals surface area contributed by atoms with E-state index < -0.39 is 11.7 Å². The Morgan fingerprint density at radius 3 is 2.29 bits per heavy atom. The molecule has 116 valence electrons. The van der Waals surface area contributed by atoms with Gasteiger partial charge < -0.3 is 5.32 Å². The van der Waals surface area contributed by atoms with E-state index in [9.17, 15) is 18.0 Å². The minimum Gasteiger partial charge on any atom is -0.356 e. The van der Waals surface area contributed by atoms with Crippen molar-refractivity contribution < 1.29 is 18.0 Å². The molecule has 1 fully saturated rings. The number of nitrogens with one attached hydrogen (secondary N) is 1. The van der Waals surface area contributed by atoms with E-state index in [4.69, 9.17) is 0 Å². The molecule has 1 aliphatic rings. The Labute approximate surface area is 122 Å². The molecule has 1 aromatic rings. The summed E-state index contributed by atoms with van der Waals surface area (Å²) >= 11 is 0. The quantitative estimate of drug-likeness (QED) is 0.896. The zero-order chi connectivity index (χ0) is 15.3. The van der Waals surface area contributed by atoms with Crippen molar-refractivity contribution in [3.8, 4) is 0 Å². The van der Waals surface area contributed by atoms with Gasteiger partial charge >= 0.3 is 6.18 Å². The zero-order valence-electron chi connectivity index (χ0n) is 11.9. The van der Waals surface area contributed by atoms with Gasteiger partial charge in [-0.1, -0.05) is 31.4 Å². The predicted octanol–water partition coefficient (Wildman–Crippen LogP) is 3.94. The Hall–Kier alpha value is -1.52. The first-order valence-electron chi connectivity index (χ1n) is 7.40. The van der Waals surface area contributed by atoms with E-state index in [0.717, 1.165) is 43.4 Å². The number of amides is 1. The number of halogens is 3. The lowest BCUT2D eigenvalue weighted by Gasteiger charge is -2.20. The maximum absolute atomic E-state index is 12.4. The minimum atomic E-state index is -4.30. The number of hydrogen-bond acceptors (Lipinski definition) is 1. The molecule has 0 spiro atoms. The molecule has 2 rings (SSSR count). The third kappa shape index (κ3) is 4.76. The molecular formula is C16H20F3NO. The summed E-state index contributed by atoms with van der Waals surface area (Å²) in [5.41, 5.74) is 0.157. The van der Waals surface area contributed by atoms with E-state index in [2.05, 4.69) is 5.32 Å². The van der Waals surface area contributed by atoms with E-state index in [1.807, 2.05) is 0 Å². The molecule has 1 N–H and O–H groups in total. The summed E-state index contributed by atoms with van der Waals surface area (Å²) in [7, 11) is 0. The van der Waals surface area contributed by atoms with E-state index in [1.54, 1.807) is 0 Å². The van der Waals surface area contributed by atoms with Gasteiger partial charge in [0.2, 0.25) is 5.91 Å². The lowest BCUT2D eigenvalue weighted by atomic mass is 9.88. The van der Waals surface area contributed by atoms with E-state index >= 15 is 0 Å². The number of carbonyl (C=O) groups excluding carboxylic acids is 1. The Morgan fingerprint density at radius 2 is 1.71 bits per heavy atom. The second kappa shape index (κ2) is 6.96. The van der Waals surface area contributed by atoms with Crippen LogP contribution in [0, 0.1) is 5.92 Å². The van der Waals surface area contributed by atoms with Crippen molar-refractivity contribution in [2.24, 2.45) is 5.92 Å². The summed E-state index contributed by atoms with van der Waals surface area (Å²) in [5, 5.41) is 2.88. The number of rotatable bonds is 4. The standard InChI is InChI=1S/C16H20F3NO/c17-16(18,19)14-8-6-12(7-9-14)10-11-20-15(21)13-4-2-1-3-5-13/h6-9,13H,1-5,10-11H2,(H,20,21). The summed E-state index contributed by atoms with van der Waals surface area (Å²) in [6.45, 7) is 0.473. The molecule has 0 atom stereocenters. The highest BCUT2D eigenvalue weighted by atomic mass is 19.4. The van der Waals surface area contributed by atoms with Gasteiger partial charge in [0.15, 0.2) is 0 Å². The lowest BCUT2D eigenvalue weighted by molar-refractivity contribution is -0.137. The molecule has 2 nitrogen and oxygen atoms in total. The Kier molecular flexibility index (Phi) is 5.26. The van der Waals surface area contributed by atoms with E-state index in [-0.39, 0.29) is 11.8 Å². The van der Waals surface area contributed by atoms with Crippen molar-refractivity contribution in [3.05, 3.63) is 35.4 Å². The van der Waals surface area contributed by atoms with Crippen LogP contribution in [0.1, 0.15) is 43.2 Å². The second-order valence-electron chi connectivity index (χ2n) is 5.57. The van der Waals surface area contributed by atoms with Gasteiger partial charge in [-0.15, -0.1) is 0 Å². The maximum atomic E-state index is 12.4. The monoisotopic (exact) mass is 299 g/mol. The highest BCUT2D eigenvalue weighted by molar-refractivity contribution is 5.78. The average molecular weight is 299 g/mol. The van der Waals surface area contributed by atoms with Crippen LogP contribution in [0.4, 0.5) is 13.2 Å². The molecule has 1 amide bonds. The van der Waals surface area contributed by atoms with Crippen LogP contribution in [0.2, 0.25) is 0 Å². The van der Waals surface area contributed by atoms with Crippen LogP contribution in [0.15, 0.2) is 24.3 Å². The first-order chi connectivity index (χ1) is 9.97. The molecule has 1 aromatic carbocycles. The van der Waals surface area contributed by atoms with Crippen LogP contribution in [0.3, 0.4) is 0 Å². The zero-order valence-corrected chi connectivity index (χ0v) is 11.9. The first kappa shape index (κ1) is 15.9.